The number of nitrogens with two attached hydrogens (primary N) is 2. The number of esters is 1. The summed E-state index contributed by atoms with van der Waals surface area (Å²) in [6, 6.07) is 17.8. The molecule has 16 N–H and O–H groups in total. The van der Waals surface area contributed by atoms with Crippen molar-refractivity contribution >= 4 is 99.5 Å². The highest BCUT2D eigenvalue weighted by atomic mass is 35.5. The first kappa shape index (κ1) is 77.7. The molecule has 8 atom stereocenters. The molecule has 9 amide bonds. The Balaban J connectivity index is 0.0000155. The average Bonchev–Trinajstić information content (AvgIpc) is 1.75. The van der Waals surface area contributed by atoms with E-state index in [2.05, 4.69) is 62.2 Å². The van der Waals surface area contributed by atoms with Gasteiger partial charge in [-0.1, -0.05) is 92.7 Å². The van der Waals surface area contributed by atoms with Crippen LogP contribution in [0.15, 0.2) is 121 Å². The molecule has 0 bridgehead atoms. The number of alkyl carbamates (subject to hydrolysis) is 1. The molecule has 0 radical (unpaired) electrons. The Hall–Kier alpha value is -10.3. The van der Waals surface area contributed by atoms with Gasteiger partial charge in [0.1, 0.15) is 66.2 Å². The minimum Gasteiger partial charge on any atom is -0.508 e. The summed E-state index contributed by atoms with van der Waals surface area (Å²) in [6.07, 6.45) is 2.61. The van der Waals surface area contributed by atoms with Gasteiger partial charge in [-0.15, -0.1) is 12.4 Å². The number of rotatable bonds is 34. The SMILES string of the molecule is COC(=O)CNC(=O)[C@@H]1CCCN1C(=O)[C@H](CCCN=C(N)N)NC(=O)[C@H](CC(C)C)NC(=O)[C@@H](Cc1c[nH]c2ccccc12)NC(=O)[C@H](Cc1ccc(O)cc1)NC(=O)[C@H](CO)NC(=O)[C@H](Cc1c[nH]c2ccccc12)NC(=O)[C@H](COCc1ccccc1)NC(=O)OC(C)(C)C.Cl. The van der Waals surface area contributed by atoms with Crippen LogP contribution in [0, 0.1) is 5.92 Å². The smallest absolute Gasteiger partial charge is 0.408 e. The van der Waals surface area contributed by atoms with Gasteiger partial charge in [-0.3, -0.25) is 48.1 Å². The van der Waals surface area contributed by atoms with Crippen molar-refractivity contribution in [2.24, 2.45) is 22.4 Å². The van der Waals surface area contributed by atoms with E-state index >= 15 is 9.59 Å². The van der Waals surface area contributed by atoms with E-state index in [4.69, 9.17) is 20.9 Å². The monoisotopic (exact) mass is 1390 g/mol. The number of amides is 9. The number of guanidine groups is 1. The average molecular weight is 1390 g/mol. The third kappa shape index (κ3) is 23.8. The number of benzene rings is 4. The number of aliphatic hydroxyl groups is 1. The maximum Gasteiger partial charge on any atom is 0.408 e. The molecule has 4 aromatic carbocycles. The van der Waals surface area contributed by atoms with E-state index in [-0.39, 0.29) is 101 Å². The summed E-state index contributed by atoms with van der Waals surface area (Å²) in [5.74, 6) is -7.96. The first-order valence-electron chi connectivity index (χ1n) is 32.4. The molecule has 6 aromatic rings. The third-order valence-corrected chi connectivity index (χ3v) is 16.1. The molecule has 7 rings (SSSR count). The number of para-hydroxylation sites is 2. The van der Waals surface area contributed by atoms with Crippen LogP contribution >= 0.6 is 12.4 Å². The van der Waals surface area contributed by atoms with E-state index in [1.54, 1.807) is 69.6 Å². The fourth-order valence-electron chi connectivity index (χ4n) is 11.2. The molecule has 1 fully saturated rings. The predicted octanol–water partition coefficient (Wildman–Crippen LogP) is 2.20. The van der Waals surface area contributed by atoms with Gasteiger partial charge in [0.25, 0.3) is 0 Å². The fourth-order valence-corrected chi connectivity index (χ4v) is 11.2. The van der Waals surface area contributed by atoms with Crippen molar-refractivity contribution in [1.82, 2.24) is 57.4 Å². The molecule has 1 aliphatic rings. The fraction of sp³-hybridized carbons (Fsp3) is 0.435. The largest absolute Gasteiger partial charge is 0.508 e. The number of ether oxygens (including phenoxy) is 3. The van der Waals surface area contributed by atoms with E-state index in [9.17, 15) is 48.6 Å². The molecule has 0 unspecified atom stereocenters. The molecule has 0 spiro atoms. The zero-order valence-corrected chi connectivity index (χ0v) is 57.0. The lowest BCUT2D eigenvalue weighted by molar-refractivity contribution is -0.144. The van der Waals surface area contributed by atoms with Gasteiger partial charge in [-0.25, -0.2) is 4.79 Å². The number of methoxy groups -OCH3 is 1. The first-order valence-corrected chi connectivity index (χ1v) is 32.4. The van der Waals surface area contributed by atoms with Crippen molar-refractivity contribution in [1.29, 1.82) is 0 Å². The molecule has 1 aliphatic heterocycles. The Morgan fingerprint density at radius 3 is 1.69 bits per heavy atom. The van der Waals surface area contributed by atoms with Crippen molar-refractivity contribution in [3.05, 3.63) is 138 Å². The summed E-state index contributed by atoms with van der Waals surface area (Å²) < 4.78 is 16.0. The number of aromatic amines is 2. The number of hydrogen-bond acceptors (Lipinski definition) is 16. The summed E-state index contributed by atoms with van der Waals surface area (Å²) in [7, 11) is 1.17. The lowest BCUT2D eigenvalue weighted by atomic mass is 9.99. The molecule has 99 heavy (non-hydrogen) atoms. The Morgan fingerprint density at radius 1 is 0.636 bits per heavy atom. The Morgan fingerprint density at radius 2 is 1.14 bits per heavy atom. The van der Waals surface area contributed by atoms with Crippen LogP contribution in [0.3, 0.4) is 0 Å². The minimum atomic E-state index is -1.80. The Kier molecular flexibility index (Phi) is 29.4. The Bertz CT molecular complexity index is 3760. The van der Waals surface area contributed by atoms with Gasteiger partial charge in [0, 0.05) is 66.6 Å². The number of H-pyrrole nitrogens is 2. The van der Waals surface area contributed by atoms with Crippen LogP contribution in [0.5, 0.6) is 5.75 Å². The lowest BCUT2D eigenvalue weighted by Crippen LogP contribution is -2.61. The highest BCUT2D eigenvalue weighted by Crippen LogP contribution is 2.24. The van der Waals surface area contributed by atoms with Gasteiger partial charge < -0.3 is 93.3 Å². The van der Waals surface area contributed by atoms with Crippen LogP contribution in [0.25, 0.3) is 21.8 Å². The van der Waals surface area contributed by atoms with Crippen molar-refractivity contribution in [3.8, 4) is 5.75 Å². The number of fused-ring (bicyclic) bond motifs is 2. The van der Waals surface area contributed by atoms with E-state index in [0.29, 0.717) is 44.9 Å². The number of carbonyl (C=O) groups is 10. The zero-order chi connectivity index (χ0) is 71.1. The molecule has 534 valence electrons. The second kappa shape index (κ2) is 37.5. The van der Waals surface area contributed by atoms with Gasteiger partial charge in [-0.2, -0.15) is 0 Å². The van der Waals surface area contributed by atoms with Crippen molar-refractivity contribution in [2.75, 3.05) is 40.0 Å². The number of aliphatic hydroxyl groups excluding tert-OH is 1. The molecular weight excluding hydrogens is 1300 g/mol. The summed E-state index contributed by atoms with van der Waals surface area (Å²) in [5.41, 5.74) is 13.9. The van der Waals surface area contributed by atoms with Gasteiger partial charge in [0.15, 0.2) is 5.96 Å². The van der Waals surface area contributed by atoms with Crippen LogP contribution in [0.2, 0.25) is 0 Å². The number of aliphatic imine (C=N–C) groups is 1. The molecule has 3 heterocycles. The summed E-state index contributed by atoms with van der Waals surface area (Å²) >= 11 is 0. The van der Waals surface area contributed by atoms with E-state index < -0.39 is 126 Å². The van der Waals surface area contributed by atoms with Gasteiger partial charge in [0.2, 0.25) is 47.3 Å². The molecular formula is C69H91ClN14O15. The highest BCUT2D eigenvalue weighted by molar-refractivity contribution is 5.99. The second-order valence-electron chi connectivity index (χ2n) is 25.3. The van der Waals surface area contributed by atoms with Gasteiger partial charge in [0.05, 0.1) is 26.9 Å². The van der Waals surface area contributed by atoms with E-state index in [0.717, 1.165) is 5.56 Å². The lowest BCUT2D eigenvalue weighted by Gasteiger charge is -2.30. The number of phenolic OH excluding ortho intramolecular Hbond substituents is 1. The number of aromatic hydroxyl groups is 1. The first-order chi connectivity index (χ1) is 46.8. The second-order valence-corrected chi connectivity index (χ2v) is 25.3. The van der Waals surface area contributed by atoms with Gasteiger partial charge in [-0.05, 0) is 105 Å². The number of nitrogens with zero attached hydrogens (tertiary/aromatic N) is 2. The highest BCUT2D eigenvalue weighted by Gasteiger charge is 2.40. The summed E-state index contributed by atoms with van der Waals surface area (Å²) in [4.78, 5) is 154. The topological polar surface area (TPSA) is 434 Å². The maximum absolute atomic E-state index is 15.1. The third-order valence-electron chi connectivity index (χ3n) is 16.1. The number of phenols is 1. The quantitative estimate of drug-likeness (QED) is 0.0119. The van der Waals surface area contributed by atoms with Crippen molar-refractivity contribution in [3.63, 3.8) is 0 Å². The number of hydrogen-bond donors (Lipinski definition) is 14. The number of likely N-dealkylation sites (tertiary alicyclic amines) is 1. The standard InChI is InChI=1S/C69H90N14O15.ClH/c1-40(2)30-51(59(87)76-50(22-14-28-72-67(70)71)66(94)83-29-15-23-57(83)65(93)75-36-58(86)96-6)77-61(89)53(32-43-34-73-48-20-12-10-18-46(43)48)79-60(88)52(31-41-24-26-45(85)27-25-41)78-63(91)55(37-84)81-62(90)54(33-44-35-74-49-21-13-11-19-47(44)49)80-64(92)56(82-68(95)98-69(3,4)5)39-97-38-42-16-8-7-9-17-42;/h7-13,16-21,24-27,34-35,40,50-57,73-74,84-85H,14-15,22-23,28-33,36-39H2,1-6H3,(H,75,93)(H,76,87)(H,77,89)(H,78,91)(H,79,88)(H,80,92)(H,81,90)(H,82,95)(H4,70,71,72);1H/t50-,51-,52-,53+,54-,55-,56-,57-;/m0./s1. The van der Waals surface area contributed by atoms with Crippen LogP contribution in [-0.4, -0.2) is 184 Å². The minimum absolute atomic E-state index is 0. The van der Waals surface area contributed by atoms with Crippen molar-refractivity contribution in [2.45, 2.75) is 147 Å². The van der Waals surface area contributed by atoms with E-state index in [1.165, 1.54) is 36.3 Å². The van der Waals surface area contributed by atoms with Crippen molar-refractivity contribution < 1.29 is 72.4 Å². The number of carbonyl (C=O) groups excluding carboxylic acids is 10. The molecule has 0 saturated carbocycles. The molecule has 30 heteroatoms. The summed E-state index contributed by atoms with van der Waals surface area (Å²) in [6.45, 7) is 6.99. The Labute approximate surface area is 579 Å². The van der Waals surface area contributed by atoms with Crippen LogP contribution in [0.4, 0.5) is 4.79 Å². The van der Waals surface area contributed by atoms with E-state index in [1.807, 2.05) is 56.3 Å². The molecule has 2 aromatic heterocycles. The molecule has 29 nitrogen and oxygen atoms in total. The number of nitrogens with one attached hydrogen (secondary N) is 10. The molecule has 1 saturated heterocycles. The normalized spacial score (nSPS) is 14.9. The van der Waals surface area contributed by atoms with Crippen LogP contribution < -0.4 is 54.0 Å². The number of aromatic nitrogens is 2. The number of halogens is 1. The summed E-state index contributed by atoms with van der Waals surface area (Å²) in [5, 5.41) is 44.0. The molecule has 0 aliphatic carbocycles. The van der Waals surface area contributed by atoms with Crippen LogP contribution in [0.1, 0.15) is 89.0 Å². The zero-order valence-electron chi connectivity index (χ0n) is 56.2. The van der Waals surface area contributed by atoms with Crippen LogP contribution in [-0.2, 0) is 83.2 Å². The predicted molar refractivity (Wildman–Crippen MR) is 370 cm³/mol. The van der Waals surface area contributed by atoms with Gasteiger partial charge >= 0.3 is 12.1 Å². The maximum atomic E-state index is 15.1.